The number of rotatable bonds is 4. The first-order chi connectivity index (χ1) is 9.51. The van der Waals surface area contributed by atoms with Crippen LogP contribution in [0.1, 0.15) is 29.4 Å². The summed E-state index contributed by atoms with van der Waals surface area (Å²) in [6.45, 7) is 10.8. The molecule has 0 fully saturated rings. The van der Waals surface area contributed by atoms with Crippen LogP contribution in [0.25, 0.3) is 0 Å². The molecule has 0 saturated heterocycles. The lowest BCUT2D eigenvalue weighted by molar-refractivity contribution is 0.452. The third kappa shape index (κ3) is 3.07. The van der Waals surface area contributed by atoms with Crippen molar-refractivity contribution in [3.05, 3.63) is 40.7 Å². The van der Waals surface area contributed by atoms with E-state index in [1.165, 1.54) is 5.56 Å². The van der Waals surface area contributed by atoms with Gasteiger partial charge in [0.25, 0.3) is 0 Å². The lowest BCUT2D eigenvalue weighted by Crippen LogP contribution is -2.06. The average Bonchev–Trinajstić information content (AvgIpc) is 2.38. The number of anilines is 1. The molecule has 4 heteroatoms. The van der Waals surface area contributed by atoms with E-state index in [9.17, 15) is 0 Å². The molecule has 0 aliphatic carbocycles. The molecule has 0 spiro atoms. The van der Waals surface area contributed by atoms with Gasteiger partial charge in [-0.15, -0.1) is 0 Å². The Balaban J connectivity index is 2.37. The second kappa shape index (κ2) is 5.90. The third-order valence-corrected chi connectivity index (χ3v) is 3.09. The van der Waals surface area contributed by atoms with Crippen LogP contribution in [0.15, 0.2) is 18.2 Å². The van der Waals surface area contributed by atoms with Gasteiger partial charge in [0.2, 0.25) is 5.88 Å². The van der Waals surface area contributed by atoms with Crippen molar-refractivity contribution in [2.45, 2.75) is 34.6 Å². The predicted octanol–water partition coefficient (Wildman–Crippen LogP) is 3.93. The summed E-state index contributed by atoms with van der Waals surface area (Å²) in [5.74, 6) is 2.98. The van der Waals surface area contributed by atoms with Crippen molar-refractivity contribution in [3.63, 3.8) is 0 Å². The number of ether oxygens (including phenoxy) is 1. The first kappa shape index (κ1) is 14.3. The maximum absolute atomic E-state index is 5.97. The van der Waals surface area contributed by atoms with Crippen molar-refractivity contribution in [2.75, 3.05) is 11.9 Å². The molecule has 0 aliphatic heterocycles. The molecule has 1 heterocycles. The zero-order chi connectivity index (χ0) is 14.7. The number of aryl methyl sites for hydroxylation is 3. The van der Waals surface area contributed by atoms with E-state index >= 15 is 0 Å². The highest BCUT2D eigenvalue weighted by Gasteiger charge is 2.11. The lowest BCUT2D eigenvalue weighted by atomic mass is 10.1. The Morgan fingerprint density at radius 3 is 2.50 bits per heavy atom. The summed E-state index contributed by atoms with van der Waals surface area (Å²) in [4.78, 5) is 8.80. The van der Waals surface area contributed by atoms with E-state index in [2.05, 4.69) is 28.3 Å². The highest BCUT2D eigenvalue weighted by molar-refractivity contribution is 5.50. The molecule has 0 saturated carbocycles. The fraction of sp³-hybridized carbons (Fsp3) is 0.375. The molecule has 4 nitrogen and oxygen atoms in total. The van der Waals surface area contributed by atoms with Gasteiger partial charge in [0.05, 0.1) is 5.56 Å². The minimum atomic E-state index is 0.611. The van der Waals surface area contributed by atoms with Gasteiger partial charge >= 0.3 is 0 Å². The summed E-state index contributed by atoms with van der Waals surface area (Å²) >= 11 is 0. The van der Waals surface area contributed by atoms with E-state index in [0.29, 0.717) is 11.7 Å². The van der Waals surface area contributed by atoms with E-state index in [4.69, 9.17) is 4.74 Å². The molecule has 20 heavy (non-hydrogen) atoms. The molecule has 0 aliphatic rings. The van der Waals surface area contributed by atoms with Crippen molar-refractivity contribution >= 4 is 5.82 Å². The van der Waals surface area contributed by atoms with Crippen molar-refractivity contribution in [3.8, 4) is 11.6 Å². The normalized spacial score (nSPS) is 10.4. The monoisotopic (exact) mass is 271 g/mol. The van der Waals surface area contributed by atoms with Crippen molar-refractivity contribution in [1.29, 1.82) is 0 Å². The van der Waals surface area contributed by atoms with Crippen molar-refractivity contribution in [1.82, 2.24) is 9.97 Å². The smallest absolute Gasteiger partial charge is 0.227 e. The molecule has 0 amide bonds. The predicted molar refractivity (Wildman–Crippen MR) is 81.7 cm³/mol. The standard InChI is InChI=1S/C16H21N3O/c1-6-17-15-12(4)16(19-13(5)18-15)20-14-8-7-10(2)9-11(14)3/h7-9H,6H2,1-5H3,(H,17,18,19). The number of hydrogen-bond donors (Lipinski definition) is 1. The van der Waals surface area contributed by atoms with Crippen LogP contribution in [0, 0.1) is 27.7 Å². The number of nitrogens with one attached hydrogen (secondary N) is 1. The van der Waals surface area contributed by atoms with Gasteiger partial charge in [0, 0.05) is 6.54 Å². The highest BCUT2D eigenvalue weighted by Crippen LogP contribution is 2.29. The first-order valence-corrected chi connectivity index (χ1v) is 6.85. The van der Waals surface area contributed by atoms with Gasteiger partial charge < -0.3 is 10.1 Å². The van der Waals surface area contributed by atoms with Crippen molar-refractivity contribution in [2.24, 2.45) is 0 Å². The molecule has 0 unspecified atom stereocenters. The second-order valence-electron chi connectivity index (χ2n) is 4.95. The molecule has 2 rings (SSSR count). The molecule has 0 bridgehead atoms. The van der Waals surface area contributed by atoms with Crippen LogP contribution in [-0.2, 0) is 0 Å². The van der Waals surface area contributed by atoms with Gasteiger partial charge in [-0.2, -0.15) is 4.98 Å². The molecule has 1 N–H and O–H groups in total. The number of hydrogen-bond acceptors (Lipinski definition) is 4. The van der Waals surface area contributed by atoms with Crippen LogP contribution >= 0.6 is 0 Å². The maximum atomic E-state index is 5.97. The van der Waals surface area contributed by atoms with E-state index in [-0.39, 0.29) is 0 Å². The Kier molecular flexibility index (Phi) is 4.23. The molecule has 1 aromatic heterocycles. The largest absolute Gasteiger partial charge is 0.438 e. The molecule has 1 aromatic carbocycles. The van der Waals surface area contributed by atoms with Crippen LogP contribution in [0.2, 0.25) is 0 Å². The van der Waals surface area contributed by atoms with Crippen molar-refractivity contribution < 1.29 is 4.74 Å². The van der Waals surface area contributed by atoms with Crippen LogP contribution in [0.3, 0.4) is 0 Å². The highest BCUT2D eigenvalue weighted by atomic mass is 16.5. The Bertz CT molecular complexity index is 623. The van der Waals surface area contributed by atoms with Gasteiger partial charge in [-0.3, -0.25) is 0 Å². The van der Waals surface area contributed by atoms with Crippen LogP contribution in [0.5, 0.6) is 11.6 Å². The topological polar surface area (TPSA) is 47.0 Å². The third-order valence-electron chi connectivity index (χ3n) is 3.09. The Labute approximate surface area is 120 Å². The minimum Gasteiger partial charge on any atom is -0.438 e. The van der Waals surface area contributed by atoms with Gasteiger partial charge in [-0.05, 0) is 46.2 Å². The van der Waals surface area contributed by atoms with E-state index in [1.54, 1.807) is 0 Å². The molecular weight excluding hydrogens is 250 g/mol. The Morgan fingerprint density at radius 2 is 1.85 bits per heavy atom. The molecule has 2 aromatic rings. The van der Waals surface area contributed by atoms with Gasteiger partial charge in [0.15, 0.2) is 0 Å². The minimum absolute atomic E-state index is 0.611. The average molecular weight is 271 g/mol. The SMILES string of the molecule is CCNc1nc(C)nc(Oc2ccc(C)cc2C)c1C. The van der Waals surface area contributed by atoms with Crippen LogP contribution in [-0.4, -0.2) is 16.5 Å². The zero-order valence-electron chi connectivity index (χ0n) is 12.7. The lowest BCUT2D eigenvalue weighted by Gasteiger charge is -2.14. The summed E-state index contributed by atoms with van der Waals surface area (Å²) in [6, 6.07) is 6.12. The Morgan fingerprint density at radius 1 is 1.10 bits per heavy atom. The van der Waals surface area contributed by atoms with E-state index in [0.717, 1.165) is 29.2 Å². The second-order valence-corrected chi connectivity index (χ2v) is 4.95. The zero-order valence-corrected chi connectivity index (χ0v) is 12.7. The summed E-state index contributed by atoms with van der Waals surface area (Å²) in [5, 5.41) is 3.24. The molecule has 0 atom stereocenters. The van der Waals surface area contributed by atoms with Gasteiger partial charge in [-0.25, -0.2) is 4.98 Å². The maximum Gasteiger partial charge on any atom is 0.227 e. The van der Waals surface area contributed by atoms with Gasteiger partial charge in [-0.1, -0.05) is 17.7 Å². The molecular formula is C16H21N3O. The van der Waals surface area contributed by atoms with Crippen LogP contribution in [0.4, 0.5) is 5.82 Å². The van der Waals surface area contributed by atoms with E-state index in [1.807, 2.05) is 39.8 Å². The number of benzene rings is 1. The fourth-order valence-corrected chi connectivity index (χ4v) is 2.06. The quantitative estimate of drug-likeness (QED) is 0.915. The Hall–Kier alpha value is -2.10. The summed E-state index contributed by atoms with van der Waals surface area (Å²) in [5.41, 5.74) is 3.25. The fourth-order valence-electron chi connectivity index (χ4n) is 2.06. The summed E-state index contributed by atoms with van der Waals surface area (Å²) in [6.07, 6.45) is 0. The van der Waals surface area contributed by atoms with E-state index < -0.39 is 0 Å². The number of nitrogens with zero attached hydrogens (tertiary/aromatic N) is 2. The van der Waals surface area contributed by atoms with Gasteiger partial charge in [0.1, 0.15) is 17.4 Å². The number of aromatic nitrogens is 2. The summed E-state index contributed by atoms with van der Waals surface area (Å²) in [7, 11) is 0. The molecule has 0 radical (unpaired) electrons. The van der Waals surface area contributed by atoms with Crippen LogP contribution < -0.4 is 10.1 Å². The summed E-state index contributed by atoms with van der Waals surface area (Å²) < 4.78 is 5.97. The first-order valence-electron chi connectivity index (χ1n) is 6.85. The molecule has 106 valence electrons.